The fraction of sp³-hybridized carbons (Fsp3) is 0.483. The highest BCUT2D eigenvalue weighted by molar-refractivity contribution is 6.24. The lowest BCUT2D eigenvalue weighted by Gasteiger charge is -2.50. The van der Waals surface area contributed by atoms with Gasteiger partial charge in [-0.05, 0) is 63.7 Å². The number of anilines is 1. The van der Waals surface area contributed by atoms with Gasteiger partial charge in [0.05, 0.1) is 23.3 Å². The van der Waals surface area contributed by atoms with Crippen LogP contribution in [0.4, 0.5) is 5.69 Å². The molecule has 0 heterocycles. The van der Waals surface area contributed by atoms with E-state index in [1.807, 2.05) is 0 Å². The fourth-order valence-electron chi connectivity index (χ4n) is 6.63. The van der Waals surface area contributed by atoms with Gasteiger partial charge in [-0.1, -0.05) is 6.07 Å². The smallest absolute Gasteiger partial charge is 0.303 e. The zero-order valence-electron chi connectivity index (χ0n) is 23.6. The zero-order chi connectivity index (χ0) is 31.5. The van der Waals surface area contributed by atoms with E-state index < -0.39 is 81.7 Å². The van der Waals surface area contributed by atoms with Crippen molar-refractivity contribution in [3.8, 4) is 5.75 Å². The number of nitrogens with two attached hydrogens (primary N) is 1. The second kappa shape index (κ2) is 10.8. The molecular formula is C29H34N4O10. The Balaban J connectivity index is 1.53. The first kappa shape index (κ1) is 30.2. The number of carbonyl (C=O) groups excluding carboxylic acids is 4. The first-order valence-corrected chi connectivity index (χ1v) is 14.0. The van der Waals surface area contributed by atoms with Gasteiger partial charge in [0, 0.05) is 24.0 Å². The number of primary amides is 1. The monoisotopic (exact) mass is 598 g/mol. The average Bonchev–Trinajstić information content (AvgIpc) is 3.74. The van der Waals surface area contributed by atoms with Crippen LogP contribution in [0.15, 0.2) is 29.0 Å². The van der Waals surface area contributed by atoms with Gasteiger partial charge >= 0.3 is 5.97 Å². The molecule has 2 amide bonds. The second-order valence-electron chi connectivity index (χ2n) is 11.9. The molecule has 14 heteroatoms. The van der Waals surface area contributed by atoms with Crippen LogP contribution < -0.4 is 16.4 Å². The van der Waals surface area contributed by atoms with Crippen LogP contribution >= 0.6 is 0 Å². The third kappa shape index (κ3) is 4.94. The number of ketones is 2. The highest BCUT2D eigenvalue weighted by Gasteiger charge is 2.64. The Hall–Kier alpha value is -4.27. The lowest BCUT2D eigenvalue weighted by Crippen LogP contribution is -2.65. The topological polar surface area (TPSA) is 240 Å². The number of aromatic hydroxyl groups is 1. The number of hydrogen-bond donors (Lipinski definition) is 8. The molecule has 5 rings (SSSR count). The van der Waals surface area contributed by atoms with Crippen LogP contribution in [-0.4, -0.2) is 97.6 Å². The SMILES string of the molecule is CN(C)[C@@H]1C(=O)C(C(N)=O)=C(O)[C@@]2(O)C(=O)C3=C(O)c4c(ccc(NC(=O)C(CCC(=O)O)NC5CC5)c4O)CC3CC12. The third-order valence-corrected chi connectivity index (χ3v) is 8.83. The Morgan fingerprint density at radius 3 is 2.40 bits per heavy atom. The average molecular weight is 599 g/mol. The minimum Gasteiger partial charge on any atom is -0.508 e. The van der Waals surface area contributed by atoms with Crippen LogP contribution in [0.5, 0.6) is 5.75 Å². The molecule has 4 aliphatic rings. The number of amides is 2. The van der Waals surface area contributed by atoms with E-state index in [9.17, 15) is 44.4 Å². The van der Waals surface area contributed by atoms with Crippen molar-refractivity contribution in [3.63, 3.8) is 0 Å². The second-order valence-corrected chi connectivity index (χ2v) is 11.9. The molecule has 230 valence electrons. The van der Waals surface area contributed by atoms with E-state index in [1.54, 1.807) is 6.07 Å². The number of rotatable bonds is 9. The molecule has 14 nitrogen and oxygen atoms in total. The number of Topliss-reactive ketones (excluding diaryl/α,β-unsaturated/α-hetero) is 2. The maximum Gasteiger partial charge on any atom is 0.303 e. The summed E-state index contributed by atoms with van der Waals surface area (Å²) < 4.78 is 0. The van der Waals surface area contributed by atoms with Gasteiger partial charge in [0.15, 0.2) is 11.4 Å². The third-order valence-electron chi connectivity index (χ3n) is 8.83. The molecule has 1 aromatic rings. The summed E-state index contributed by atoms with van der Waals surface area (Å²) >= 11 is 0. The first-order valence-electron chi connectivity index (χ1n) is 14.0. The first-order chi connectivity index (χ1) is 20.2. The number of fused-ring (bicyclic) bond motifs is 3. The molecular weight excluding hydrogens is 564 g/mol. The number of carboxylic acid groups (broad SMARTS) is 1. The van der Waals surface area contributed by atoms with Crippen LogP contribution in [-0.2, 0) is 30.4 Å². The number of likely N-dealkylation sites (N-methyl/N-ethyl adjacent to an activating group) is 1. The van der Waals surface area contributed by atoms with Crippen molar-refractivity contribution < 1.29 is 49.5 Å². The van der Waals surface area contributed by atoms with E-state index in [1.165, 1.54) is 25.1 Å². The summed E-state index contributed by atoms with van der Waals surface area (Å²) in [6.07, 6.45) is 1.52. The van der Waals surface area contributed by atoms with Crippen molar-refractivity contribution in [2.24, 2.45) is 17.6 Å². The highest BCUT2D eigenvalue weighted by Crippen LogP contribution is 2.53. The lowest BCUT2D eigenvalue weighted by molar-refractivity contribution is -0.153. The standard InChI is InChI=1S/C29H34N4O10/c1-33(2)21-14-10-12-9-11-3-6-15(32-28(42)16(7-8-17(34)35)31-13-4-5-13)22(36)18(11)23(37)19(12)25(39)29(14,43)26(40)20(24(21)38)27(30)41/h3,6,12-14,16,21,31,36-37,40,43H,4-5,7-10H2,1-2H3,(H2,30,41)(H,32,42)(H,34,35)/t12?,14?,16?,21-,29-/m0/s1. The van der Waals surface area contributed by atoms with E-state index in [0.29, 0.717) is 5.56 Å². The Morgan fingerprint density at radius 2 is 1.81 bits per heavy atom. The highest BCUT2D eigenvalue weighted by atomic mass is 16.4. The molecule has 0 aromatic heterocycles. The maximum absolute atomic E-state index is 13.9. The Morgan fingerprint density at radius 1 is 1.14 bits per heavy atom. The maximum atomic E-state index is 13.9. The van der Waals surface area contributed by atoms with Gasteiger partial charge < -0.3 is 41.9 Å². The molecule has 5 atom stereocenters. The molecule has 43 heavy (non-hydrogen) atoms. The van der Waals surface area contributed by atoms with Crippen LogP contribution in [0.3, 0.4) is 0 Å². The molecule has 4 aliphatic carbocycles. The van der Waals surface area contributed by atoms with Gasteiger partial charge in [-0.25, -0.2) is 0 Å². The summed E-state index contributed by atoms with van der Waals surface area (Å²) in [5.74, 6) is -9.25. The number of nitrogens with zero attached hydrogens (tertiary/aromatic N) is 1. The van der Waals surface area contributed by atoms with E-state index >= 15 is 0 Å². The minimum absolute atomic E-state index is 0.00927. The molecule has 2 fully saturated rings. The van der Waals surface area contributed by atoms with Gasteiger partial charge in [0.2, 0.25) is 11.7 Å². The van der Waals surface area contributed by atoms with Crippen LogP contribution in [0.1, 0.15) is 43.2 Å². The molecule has 0 radical (unpaired) electrons. The number of aliphatic hydroxyl groups excluding tert-OH is 2. The Kier molecular flexibility index (Phi) is 7.57. The number of phenolic OH excluding ortho intramolecular Hbond substituents is 1. The van der Waals surface area contributed by atoms with Crippen molar-refractivity contribution in [1.82, 2.24) is 10.2 Å². The van der Waals surface area contributed by atoms with Crippen molar-refractivity contribution in [3.05, 3.63) is 40.2 Å². The summed E-state index contributed by atoms with van der Waals surface area (Å²) in [6.45, 7) is 0. The van der Waals surface area contributed by atoms with Crippen LogP contribution in [0.2, 0.25) is 0 Å². The lowest BCUT2D eigenvalue weighted by atomic mass is 9.57. The van der Waals surface area contributed by atoms with Gasteiger partial charge in [-0.2, -0.15) is 0 Å². The Bertz CT molecular complexity index is 1510. The van der Waals surface area contributed by atoms with Gasteiger partial charge in [-0.15, -0.1) is 0 Å². The predicted molar refractivity (Wildman–Crippen MR) is 150 cm³/mol. The zero-order valence-corrected chi connectivity index (χ0v) is 23.6. The van der Waals surface area contributed by atoms with E-state index in [-0.39, 0.29) is 48.5 Å². The quantitative estimate of drug-likeness (QED) is 0.137. The number of aliphatic carboxylic acids is 1. The van der Waals surface area contributed by atoms with Crippen molar-refractivity contribution >= 4 is 40.8 Å². The van der Waals surface area contributed by atoms with Crippen molar-refractivity contribution in [2.75, 3.05) is 19.4 Å². The largest absolute Gasteiger partial charge is 0.508 e. The number of phenols is 1. The summed E-state index contributed by atoms with van der Waals surface area (Å²) in [4.78, 5) is 64.8. The number of carboxylic acids is 1. The number of nitrogens with one attached hydrogen (secondary N) is 2. The summed E-state index contributed by atoms with van der Waals surface area (Å²) in [5, 5.41) is 59.9. The molecule has 2 saturated carbocycles. The van der Waals surface area contributed by atoms with E-state index in [0.717, 1.165) is 12.8 Å². The number of benzene rings is 1. The van der Waals surface area contributed by atoms with E-state index in [4.69, 9.17) is 10.8 Å². The fourth-order valence-corrected chi connectivity index (χ4v) is 6.63. The van der Waals surface area contributed by atoms with Gasteiger partial charge in [0.1, 0.15) is 22.8 Å². The number of hydrogen-bond acceptors (Lipinski definition) is 11. The predicted octanol–water partition coefficient (Wildman–Crippen LogP) is -0.112. The number of aliphatic hydroxyl groups is 3. The molecule has 3 unspecified atom stereocenters. The summed E-state index contributed by atoms with van der Waals surface area (Å²) in [5.41, 5.74) is 1.56. The van der Waals surface area contributed by atoms with Crippen LogP contribution in [0.25, 0.3) is 5.76 Å². The van der Waals surface area contributed by atoms with Crippen LogP contribution in [0, 0.1) is 11.8 Å². The van der Waals surface area contributed by atoms with Crippen molar-refractivity contribution in [2.45, 2.75) is 62.3 Å². The molecule has 9 N–H and O–H groups in total. The normalized spacial score (nSPS) is 27.4. The summed E-state index contributed by atoms with van der Waals surface area (Å²) in [7, 11) is 3.04. The molecule has 1 aromatic carbocycles. The van der Waals surface area contributed by atoms with Gasteiger partial charge in [0.25, 0.3) is 5.91 Å². The minimum atomic E-state index is -2.75. The molecule has 0 saturated heterocycles. The number of carbonyl (C=O) groups is 5. The van der Waals surface area contributed by atoms with Gasteiger partial charge in [-0.3, -0.25) is 28.9 Å². The molecule has 0 bridgehead atoms. The Labute approximate surface area is 245 Å². The molecule has 0 aliphatic heterocycles. The van der Waals surface area contributed by atoms with Crippen molar-refractivity contribution in [1.29, 1.82) is 0 Å². The summed E-state index contributed by atoms with van der Waals surface area (Å²) in [6, 6.07) is 1.04. The van der Waals surface area contributed by atoms with E-state index in [2.05, 4.69) is 10.6 Å². The molecule has 0 spiro atoms.